The predicted molar refractivity (Wildman–Crippen MR) is 380 cm³/mol. The minimum atomic E-state index is -4.94. The average molecular weight is 1350 g/mol. The first-order chi connectivity index (χ1) is 45.2. The molecule has 5 unspecified atom stereocenters. The summed E-state index contributed by atoms with van der Waals surface area (Å²) in [5, 5.41) is 20.6. The van der Waals surface area contributed by atoms with Gasteiger partial charge in [0.2, 0.25) is 0 Å². The van der Waals surface area contributed by atoms with Crippen LogP contribution in [0.15, 0.2) is 134 Å². The molecule has 0 saturated carbocycles. The Bertz CT molecular complexity index is 2230. The van der Waals surface area contributed by atoms with Crippen molar-refractivity contribution in [2.24, 2.45) is 0 Å². The zero-order chi connectivity index (χ0) is 68.1. The molecule has 0 aromatic rings. The van der Waals surface area contributed by atoms with Gasteiger partial charge in [0, 0.05) is 19.3 Å². The summed E-state index contributed by atoms with van der Waals surface area (Å²) in [6, 6.07) is 0. The molecule has 0 aromatic heterocycles. The van der Waals surface area contributed by atoms with Gasteiger partial charge in [0.05, 0.1) is 26.4 Å². The van der Waals surface area contributed by atoms with Gasteiger partial charge in [0.15, 0.2) is 6.10 Å². The smallest absolute Gasteiger partial charge is 0.463 e. The first-order valence-corrected chi connectivity index (χ1v) is 38.5. The number of carbonyl (C=O) groups is 3. The van der Waals surface area contributed by atoms with Crippen LogP contribution >= 0.6 is 15.6 Å². The van der Waals surface area contributed by atoms with E-state index in [0.717, 1.165) is 186 Å². The van der Waals surface area contributed by atoms with Crippen LogP contribution in [0.1, 0.15) is 265 Å². The maximum Gasteiger partial charge on any atom is 0.472 e. The summed E-state index contributed by atoms with van der Waals surface area (Å²) >= 11 is 0. The number of unbranched alkanes of at least 4 members (excludes halogenated alkanes) is 21. The number of carbonyl (C=O) groups excluding carboxylic acids is 3. The Labute approximate surface area is 563 Å². The van der Waals surface area contributed by atoms with Crippen molar-refractivity contribution in [2.75, 3.05) is 39.6 Å². The normalized spacial score (nSPS) is 15.0. The van der Waals surface area contributed by atoms with E-state index in [1.54, 1.807) is 0 Å². The van der Waals surface area contributed by atoms with E-state index in [4.69, 9.17) is 32.3 Å². The largest absolute Gasteiger partial charge is 0.472 e. The number of esters is 3. The number of hydrogen-bond acceptors (Lipinski definition) is 14. The van der Waals surface area contributed by atoms with Gasteiger partial charge in [0.1, 0.15) is 25.4 Å². The van der Waals surface area contributed by atoms with Crippen LogP contribution in [-0.4, -0.2) is 95.9 Å². The molecule has 0 saturated heterocycles. The third kappa shape index (κ3) is 68.9. The molecule has 532 valence electrons. The number of phosphoric acid groups is 2. The first-order valence-electron chi connectivity index (χ1n) is 35.5. The van der Waals surface area contributed by atoms with Gasteiger partial charge in [-0.3, -0.25) is 32.5 Å². The van der Waals surface area contributed by atoms with Crippen molar-refractivity contribution in [2.45, 2.75) is 283 Å². The fourth-order valence-electron chi connectivity index (χ4n) is 8.97. The molecule has 0 bridgehead atoms. The lowest BCUT2D eigenvalue weighted by Crippen LogP contribution is -2.30. The maximum absolute atomic E-state index is 13.0. The Balaban J connectivity index is 4.72. The molecule has 18 heteroatoms. The van der Waals surface area contributed by atoms with E-state index >= 15 is 0 Å². The molecule has 0 aliphatic carbocycles. The predicted octanol–water partition coefficient (Wildman–Crippen LogP) is 20.0. The molecule has 0 heterocycles. The van der Waals surface area contributed by atoms with E-state index in [9.17, 15) is 43.5 Å². The number of ether oxygens (including phenoxy) is 3. The number of hydrogen-bond donors (Lipinski definition) is 4. The zero-order valence-corrected chi connectivity index (χ0v) is 59.4. The number of aliphatic hydroxyl groups is 2. The van der Waals surface area contributed by atoms with E-state index < -0.39 is 91.5 Å². The molecule has 0 radical (unpaired) electrons. The second-order valence-electron chi connectivity index (χ2n) is 23.3. The van der Waals surface area contributed by atoms with Crippen LogP contribution in [0.4, 0.5) is 0 Å². The number of allylic oxidation sites excluding steroid dienone is 22. The van der Waals surface area contributed by atoms with Crippen LogP contribution < -0.4 is 0 Å². The highest BCUT2D eigenvalue weighted by atomic mass is 31.2. The van der Waals surface area contributed by atoms with E-state index in [2.05, 4.69) is 154 Å². The first kappa shape index (κ1) is 88.7. The summed E-state index contributed by atoms with van der Waals surface area (Å²) < 4.78 is 61.0. The van der Waals surface area contributed by atoms with E-state index in [1.807, 2.05) is 0 Å². The van der Waals surface area contributed by atoms with E-state index in [0.29, 0.717) is 19.3 Å². The number of rotatable bonds is 66. The highest BCUT2D eigenvalue weighted by molar-refractivity contribution is 7.47. The lowest BCUT2D eigenvalue weighted by atomic mass is 10.1. The van der Waals surface area contributed by atoms with E-state index in [1.165, 1.54) is 19.3 Å². The van der Waals surface area contributed by atoms with Gasteiger partial charge in [-0.05, 0) is 135 Å². The van der Waals surface area contributed by atoms with Crippen LogP contribution in [0.2, 0.25) is 0 Å². The SMILES string of the molecule is CC/C=C\C/C=C\C/C=C\C/C=C\C/C=C\CCCCCCCC(=O)OCC(O)COP(=O)(O)OCC(O)COP(=O)(O)OCC(COC(=O)CCCCCCCC/C=C\C/C=C\C/C=C\CCCCC)OC(=O)CCCCCCCCC/C=C\C/C=C\C/C=C\CC. The third-order valence-electron chi connectivity index (χ3n) is 14.3. The zero-order valence-electron chi connectivity index (χ0n) is 57.6. The summed E-state index contributed by atoms with van der Waals surface area (Å²) in [4.78, 5) is 58.5. The van der Waals surface area contributed by atoms with Crippen LogP contribution in [-0.2, 0) is 55.8 Å². The van der Waals surface area contributed by atoms with Gasteiger partial charge in [0.25, 0.3) is 0 Å². The minimum Gasteiger partial charge on any atom is -0.463 e. The van der Waals surface area contributed by atoms with Gasteiger partial charge >= 0.3 is 33.6 Å². The molecule has 0 aromatic carbocycles. The molecule has 93 heavy (non-hydrogen) atoms. The van der Waals surface area contributed by atoms with Gasteiger partial charge in [-0.1, -0.05) is 244 Å². The quantitative estimate of drug-likeness (QED) is 0.0146. The summed E-state index contributed by atoms with van der Waals surface area (Å²) in [5.74, 6) is -1.62. The Kier molecular flexibility index (Phi) is 64.5. The van der Waals surface area contributed by atoms with Gasteiger partial charge < -0.3 is 34.2 Å². The highest BCUT2D eigenvalue weighted by Gasteiger charge is 2.29. The van der Waals surface area contributed by atoms with Crippen molar-refractivity contribution in [1.82, 2.24) is 0 Å². The fourth-order valence-corrected chi connectivity index (χ4v) is 10.6. The van der Waals surface area contributed by atoms with Crippen LogP contribution in [0, 0.1) is 0 Å². The molecular formula is C75H126O16P2. The molecule has 0 fully saturated rings. The van der Waals surface area contributed by atoms with Crippen molar-refractivity contribution in [3.8, 4) is 0 Å². The molecule has 4 N–H and O–H groups in total. The van der Waals surface area contributed by atoms with Gasteiger partial charge in [-0.2, -0.15) is 0 Å². The Hall–Kier alpha value is -4.31. The Morgan fingerprint density at radius 2 is 0.570 bits per heavy atom. The topological polar surface area (TPSA) is 231 Å². The van der Waals surface area contributed by atoms with Gasteiger partial charge in [-0.25, -0.2) is 9.13 Å². The van der Waals surface area contributed by atoms with Crippen LogP contribution in [0.5, 0.6) is 0 Å². The molecule has 0 amide bonds. The van der Waals surface area contributed by atoms with Crippen molar-refractivity contribution in [3.05, 3.63) is 134 Å². The summed E-state index contributed by atoms with van der Waals surface area (Å²) in [7, 11) is -9.80. The maximum atomic E-state index is 13.0. The lowest BCUT2D eigenvalue weighted by Gasteiger charge is -2.21. The Morgan fingerprint density at radius 1 is 0.312 bits per heavy atom. The van der Waals surface area contributed by atoms with Gasteiger partial charge in [-0.15, -0.1) is 0 Å². The number of aliphatic hydroxyl groups excluding tert-OH is 2. The molecular weight excluding hydrogens is 1220 g/mol. The van der Waals surface area contributed by atoms with Crippen molar-refractivity contribution >= 4 is 33.6 Å². The van der Waals surface area contributed by atoms with Crippen molar-refractivity contribution in [3.63, 3.8) is 0 Å². The minimum absolute atomic E-state index is 0.0862. The molecule has 16 nitrogen and oxygen atoms in total. The summed E-state index contributed by atoms with van der Waals surface area (Å²) in [5.41, 5.74) is 0. The van der Waals surface area contributed by atoms with Crippen molar-refractivity contribution < 1.29 is 75.8 Å². The molecule has 0 rings (SSSR count). The van der Waals surface area contributed by atoms with Crippen LogP contribution in [0.3, 0.4) is 0 Å². The van der Waals surface area contributed by atoms with Crippen LogP contribution in [0.25, 0.3) is 0 Å². The third-order valence-corrected chi connectivity index (χ3v) is 16.2. The molecule has 0 aliphatic rings. The second kappa shape index (κ2) is 67.7. The summed E-state index contributed by atoms with van der Waals surface area (Å²) in [6.45, 7) is 2.36. The standard InChI is InChI=1S/C75H126O16P2/c1-4-7-10-13-16-19-22-25-28-31-33-34-36-39-40-43-46-49-52-55-58-61-73(78)85-64-70(76)65-87-92(81,82)88-66-71(77)67-89-93(83,84)90-69-72(91-75(80)63-60-57-54-51-48-45-42-37-30-27-24-21-18-15-12-9-6-3)68-86-74(79)62-59-56-53-50-47-44-41-38-35-32-29-26-23-20-17-14-11-8-5-2/h7,9-10,12,16-21,25-30,33-35,38-40,70-72,76-77H,4-6,8,11,13-15,22-24,31-32,36-37,41-69H2,1-3H3,(H,81,82)(H,83,84)/b10-7-,12-9-,19-16-,20-17-,21-18-,28-25-,29-26-,30-27-,34-33-,38-35-,40-39-. The Morgan fingerprint density at radius 3 is 0.903 bits per heavy atom. The fraction of sp³-hybridized carbons (Fsp3) is 0.667. The average Bonchev–Trinajstić information content (AvgIpc) is 3.72. The number of phosphoric ester groups is 2. The second-order valence-corrected chi connectivity index (χ2v) is 26.2. The van der Waals surface area contributed by atoms with E-state index in [-0.39, 0.29) is 19.3 Å². The molecule has 0 spiro atoms. The molecule has 0 aliphatic heterocycles. The summed E-state index contributed by atoms with van der Waals surface area (Å²) in [6.07, 6.45) is 79.1. The lowest BCUT2D eigenvalue weighted by molar-refractivity contribution is -0.161. The molecule has 5 atom stereocenters. The van der Waals surface area contributed by atoms with Crippen molar-refractivity contribution in [1.29, 1.82) is 0 Å². The highest BCUT2D eigenvalue weighted by Crippen LogP contribution is 2.45. The monoisotopic (exact) mass is 1340 g/mol.